The molecule has 0 radical (unpaired) electrons. The number of amides is 1. The van der Waals surface area contributed by atoms with Gasteiger partial charge in [-0.3, -0.25) is 4.79 Å². The first-order valence-corrected chi connectivity index (χ1v) is 12.7. The molecule has 2 aliphatic rings. The van der Waals surface area contributed by atoms with E-state index >= 15 is 0 Å². The normalized spacial score (nSPS) is 16.8. The number of likely N-dealkylation sites (tertiary alicyclic amines) is 1. The molecule has 3 aromatic rings. The molecule has 3 aromatic carbocycles. The average Bonchev–Trinajstić information content (AvgIpc) is 3.23. The van der Waals surface area contributed by atoms with E-state index in [-0.39, 0.29) is 35.9 Å². The van der Waals surface area contributed by atoms with Gasteiger partial charge in [-0.1, -0.05) is 60.3 Å². The molecular formula is C28H32IN3OS. The van der Waals surface area contributed by atoms with Crippen molar-refractivity contribution in [1.82, 2.24) is 0 Å². The number of nitrogens with zero attached hydrogens (tertiary/aromatic N) is 2. The Balaban J connectivity index is 0.00000274. The first-order valence-electron chi connectivity index (χ1n) is 11.8. The van der Waals surface area contributed by atoms with Crippen molar-refractivity contribution in [2.24, 2.45) is 5.73 Å². The number of quaternary nitrogens is 1. The number of likely N-dealkylation sites (N-methyl/N-ethyl adjacent to an activating group) is 1. The van der Waals surface area contributed by atoms with E-state index in [0.717, 1.165) is 27.2 Å². The van der Waals surface area contributed by atoms with Crippen LogP contribution in [0.1, 0.15) is 41.3 Å². The number of hydrogen-bond donors (Lipinski definition) is 1. The first kappa shape index (κ1) is 25.1. The van der Waals surface area contributed by atoms with E-state index in [0.29, 0.717) is 12.0 Å². The summed E-state index contributed by atoms with van der Waals surface area (Å²) in [4.78, 5) is 17.7. The van der Waals surface area contributed by atoms with Gasteiger partial charge in [0.25, 0.3) is 5.91 Å². The lowest BCUT2D eigenvalue weighted by atomic mass is 9.96. The highest BCUT2D eigenvalue weighted by molar-refractivity contribution is 7.99. The summed E-state index contributed by atoms with van der Waals surface area (Å²) in [5.74, 6) is -0.350. The lowest BCUT2D eigenvalue weighted by Gasteiger charge is -2.42. The number of fused-ring (bicyclic) bond motifs is 2. The third kappa shape index (κ3) is 4.86. The van der Waals surface area contributed by atoms with Gasteiger partial charge < -0.3 is 39.1 Å². The fraction of sp³-hybridized carbons (Fsp3) is 0.321. The largest absolute Gasteiger partial charge is 1.00 e. The van der Waals surface area contributed by atoms with Crippen molar-refractivity contribution in [3.63, 3.8) is 0 Å². The summed E-state index contributed by atoms with van der Waals surface area (Å²) in [7, 11) is 2.37. The number of halogens is 1. The molecule has 2 heterocycles. The van der Waals surface area contributed by atoms with Crippen LogP contribution in [0.25, 0.3) is 0 Å². The minimum atomic E-state index is -0.350. The maximum absolute atomic E-state index is 13.0. The molecular weight excluding hydrogens is 553 g/mol. The quantitative estimate of drug-likeness (QED) is 0.358. The van der Waals surface area contributed by atoms with Crippen molar-refractivity contribution in [2.75, 3.05) is 31.6 Å². The standard InChI is InChI=1S/C28H31N3OS.HI/c1-20(19-31(2)16-8-9-17-31)30-23-12-6-7-13-24(23)33-25-15-14-22(26(27(25)30)28(29)32)18-21-10-4-3-5-11-21;/h3-7,10-15,20H,8-9,16-19H2,1-2H3,(H-,29,32);1H. The Kier molecular flexibility index (Phi) is 7.60. The Morgan fingerprint density at radius 2 is 1.68 bits per heavy atom. The summed E-state index contributed by atoms with van der Waals surface area (Å²) in [5, 5.41) is 0. The minimum absolute atomic E-state index is 0. The maximum atomic E-state index is 13.0. The number of primary amides is 1. The number of carbonyl (C=O) groups is 1. The lowest BCUT2D eigenvalue weighted by Crippen LogP contribution is -3.00. The van der Waals surface area contributed by atoms with E-state index in [1.54, 1.807) is 11.8 Å². The Morgan fingerprint density at radius 1 is 1.00 bits per heavy atom. The summed E-state index contributed by atoms with van der Waals surface area (Å²) in [5.41, 5.74) is 11.1. The van der Waals surface area contributed by atoms with Crippen molar-refractivity contribution in [1.29, 1.82) is 0 Å². The number of anilines is 2. The third-order valence-corrected chi connectivity index (χ3v) is 8.20. The van der Waals surface area contributed by atoms with Gasteiger partial charge in [-0.2, -0.15) is 0 Å². The maximum Gasteiger partial charge on any atom is 0.251 e. The Labute approximate surface area is 224 Å². The Bertz CT molecular complexity index is 1180. The number of rotatable bonds is 6. The highest BCUT2D eigenvalue weighted by Crippen LogP contribution is 2.51. The molecule has 4 nitrogen and oxygen atoms in total. The second-order valence-corrected chi connectivity index (χ2v) is 10.8. The van der Waals surface area contributed by atoms with Gasteiger partial charge in [0.15, 0.2) is 0 Å². The summed E-state index contributed by atoms with van der Waals surface area (Å²) in [6, 6.07) is 23.3. The van der Waals surface area contributed by atoms with Gasteiger partial charge in [-0.05, 0) is 42.7 Å². The van der Waals surface area contributed by atoms with E-state index in [1.807, 2.05) is 18.2 Å². The zero-order valence-corrected chi connectivity index (χ0v) is 22.8. The van der Waals surface area contributed by atoms with Crippen LogP contribution in [-0.4, -0.2) is 43.1 Å². The fourth-order valence-electron chi connectivity index (χ4n) is 5.61. The molecule has 0 bridgehead atoms. The predicted octanol–water partition coefficient (Wildman–Crippen LogP) is 2.61. The van der Waals surface area contributed by atoms with E-state index in [9.17, 15) is 4.79 Å². The van der Waals surface area contributed by atoms with Crippen molar-refractivity contribution in [3.05, 3.63) is 83.4 Å². The monoisotopic (exact) mass is 585 g/mol. The van der Waals surface area contributed by atoms with Crippen LogP contribution in [0.2, 0.25) is 0 Å². The molecule has 0 saturated carbocycles. The summed E-state index contributed by atoms with van der Waals surface area (Å²) >= 11 is 1.74. The molecule has 178 valence electrons. The number of carbonyl (C=O) groups excluding carboxylic acids is 1. The van der Waals surface area contributed by atoms with Crippen LogP contribution >= 0.6 is 11.8 Å². The zero-order valence-electron chi connectivity index (χ0n) is 19.8. The Hall–Kier alpha value is -2.03. The molecule has 34 heavy (non-hydrogen) atoms. The first-order chi connectivity index (χ1) is 16.0. The molecule has 1 fully saturated rings. The molecule has 1 saturated heterocycles. The van der Waals surface area contributed by atoms with Crippen LogP contribution in [0.3, 0.4) is 0 Å². The lowest BCUT2D eigenvalue weighted by molar-refractivity contribution is -0.898. The molecule has 6 heteroatoms. The molecule has 0 spiro atoms. The highest BCUT2D eigenvalue weighted by Gasteiger charge is 2.36. The molecule has 1 unspecified atom stereocenters. The van der Waals surface area contributed by atoms with E-state index in [1.165, 1.54) is 42.1 Å². The summed E-state index contributed by atoms with van der Waals surface area (Å²) < 4.78 is 1.08. The van der Waals surface area contributed by atoms with Crippen molar-refractivity contribution < 1.29 is 33.3 Å². The van der Waals surface area contributed by atoms with Gasteiger partial charge in [0.05, 0.1) is 49.7 Å². The van der Waals surface area contributed by atoms with Crippen LogP contribution in [0, 0.1) is 0 Å². The molecule has 0 aliphatic carbocycles. The van der Waals surface area contributed by atoms with Crippen LogP contribution in [0.4, 0.5) is 11.4 Å². The van der Waals surface area contributed by atoms with Crippen molar-refractivity contribution in [2.45, 2.75) is 42.0 Å². The number of nitrogens with two attached hydrogens (primary N) is 1. The van der Waals surface area contributed by atoms with Gasteiger partial charge in [0, 0.05) is 22.6 Å². The smallest absolute Gasteiger partial charge is 0.251 e. The van der Waals surface area contributed by atoms with Gasteiger partial charge >= 0.3 is 0 Å². The number of para-hydroxylation sites is 1. The molecule has 1 amide bonds. The SMILES string of the molecule is CC(C[N+]1(C)CCCC1)N1c2ccccc2Sc2ccc(Cc3ccccc3)c(C(N)=O)c21.[I-]. The Morgan fingerprint density at radius 3 is 2.38 bits per heavy atom. The van der Waals surface area contributed by atoms with Gasteiger partial charge in [-0.15, -0.1) is 0 Å². The summed E-state index contributed by atoms with van der Waals surface area (Å²) in [6.45, 7) is 5.78. The molecule has 1 atom stereocenters. The molecule has 0 aromatic heterocycles. The van der Waals surface area contributed by atoms with Crippen molar-refractivity contribution >= 4 is 29.0 Å². The predicted molar refractivity (Wildman–Crippen MR) is 136 cm³/mol. The van der Waals surface area contributed by atoms with E-state index in [4.69, 9.17) is 5.73 Å². The van der Waals surface area contributed by atoms with Crippen LogP contribution < -0.4 is 34.6 Å². The third-order valence-electron chi connectivity index (χ3n) is 7.09. The minimum Gasteiger partial charge on any atom is -1.00 e. The average molecular weight is 586 g/mol. The fourth-order valence-corrected chi connectivity index (χ4v) is 6.70. The highest BCUT2D eigenvalue weighted by atomic mass is 127. The van der Waals surface area contributed by atoms with Crippen LogP contribution in [-0.2, 0) is 6.42 Å². The van der Waals surface area contributed by atoms with Crippen molar-refractivity contribution in [3.8, 4) is 0 Å². The van der Waals surface area contributed by atoms with Gasteiger partial charge in [0.1, 0.15) is 0 Å². The van der Waals surface area contributed by atoms with E-state index < -0.39 is 0 Å². The molecule has 2 aliphatic heterocycles. The second-order valence-electron chi connectivity index (χ2n) is 9.72. The summed E-state index contributed by atoms with van der Waals surface area (Å²) in [6.07, 6.45) is 3.27. The van der Waals surface area contributed by atoms with Crippen LogP contribution in [0.15, 0.2) is 76.5 Å². The topological polar surface area (TPSA) is 46.3 Å². The zero-order chi connectivity index (χ0) is 23.0. The molecule has 5 rings (SSSR count). The van der Waals surface area contributed by atoms with Gasteiger partial charge in [-0.25, -0.2) is 0 Å². The van der Waals surface area contributed by atoms with Gasteiger partial charge in [0.2, 0.25) is 0 Å². The number of benzene rings is 3. The second kappa shape index (κ2) is 10.3. The van der Waals surface area contributed by atoms with E-state index in [2.05, 4.69) is 67.4 Å². The van der Waals surface area contributed by atoms with Crippen LogP contribution in [0.5, 0.6) is 0 Å². The molecule has 2 N–H and O–H groups in total. The number of hydrogen-bond acceptors (Lipinski definition) is 3.